The molecule has 0 aliphatic rings. The van der Waals surface area contributed by atoms with E-state index in [4.69, 9.17) is 16.6 Å². The van der Waals surface area contributed by atoms with Crippen molar-refractivity contribution < 1.29 is 9.90 Å². The van der Waals surface area contributed by atoms with Crippen molar-refractivity contribution in [3.8, 4) is 5.75 Å². The van der Waals surface area contributed by atoms with Crippen molar-refractivity contribution in [2.24, 2.45) is 5.73 Å². The highest BCUT2D eigenvalue weighted by molar-refractivity contribution is 5.91. The lowest BCUT2D eigenvalue weighted by Crippen LogP contribution is -2.19. The molecule has 0 aliphatic carbocycles. The van der Waals surface area contributed by atoms with E-state index in [0.717, 1.165) is 0 Å². The molecule has 12 heavy (non-hydrogen) atoms. The predicted molar refractivity (Wildman–Crippen MR) is 45.7 cm³/mol. The Morgan fingerprint density at radius 2 is 2.17 bits per heavy atom. The van der Waals surface area contributed by atoms with E-state index in [1.54, 1.807) is 0 Å². The number of hydrogen-bond donors (Lipinski definition) is 4. The van der Waals surface area contributed by atoms with Crippen molar-refractivity contribution in [3.05, 3.63) is 18.2 Å². The molecule has 0 aromatic heterocycles. The standard InChI is InChI=1S/C7H9N3O2/c8-5-3-4(11)1-2-6(5)10-7(9)12/h1-3,11H,8H2,(H3,9,10,12). The van der Waals surface area contributed by atoms with Crippen LogP contribution in [0.3, 0.4) is 0 Å². The summed E-state index contributed by atoms with van der Waals surface area (Å²) < 4.78 is 0. The minimum absolute atomic E-state index is 0.0440. The van der Waals surface area contributed by atoms with Crippen LogP contribution in [0.4, 0.5) is 16.2 Å². The van der Waals surface area contributed by atoms with E-state index in [2.05, 4.69) is 5.32 Å². The van der Waals surface area contributed by atoms with E-state index in [-0.39, 0.29) is 11.4 Å². The molecular weight excluding hydrogens is 158 g/mol. The molecule has 0 atom stereocenters. The van der Waals surface area contributed by atoms with Gasteiger partial charge in [0.05, 0.1) is 11.4 Å². The molecule has 0 fully saturated rings. The molecule has 1 aromatic rings. The van der Waals surface area contributed by atoms with Gasteiger partial charge in [0.25, 0.3) is 0 Å². The van der Waals surface area contributed by atoms with Gasteiger partial charge in [0, 0.05) is 6.07 Å². The number of anilines is 2. The number of rotatable bonds is 1. The van der Waals surface area contributed by atoms with Crippen molar-refractivity contribution in [1.29, 1.82) is 0 Å². The maximum Gasteiger partial charge on any atom is 0.316 e. The highest BCUT2D eigenvalue weighted by Gasteiger charge is 2.00. The summed E-state index contributed by atoms with van der Waals surface area (Å²) in [6.07, 6.45) is 0. The monoisotopic (exact) mass is 167 g/mol. The van der Waals surface area contributed by atoms with Gasteiger partial charge in [-0.2, -0.15) is 0 Å². The summed E-state index contributed by atoms with van der Waals surface area (Å²) in [4.78, 5) is 10.4. The SMILES string of the molecule is NC(=O)Nc1ccc(O)cc1N. The van der Waals surface area contributed by atoms with Gasteiger partial charge in [-0.15, -0.1) is 0 Å². The van der Waals surface area contributed by atoms with Gasteiger partial charge in [-0.3, -0.25) is 0 Å². The molecule has 1 aromatic carbocycles. The van der Waals surface area contributed by atoms with Gasteiger partial charge >= 0.3 is 6.03 Å². The summed E-state index contributed by atoms with van der Waals surface area (Å²) in [5, 5.41) is 11.3. The molecule has 0 unspecified atom stereocenters. The average Bonchev–Trinajstić information content (AvgIpc) is 1.94. The second kappa shape index (κ2) is 3.00. The summed E-state index contributed by atoms with van der Waals surface area (Å²) in [5.74, 6) is 0.0440. The van der Waals surface area contributed by atoms with E-state index in [9.17, 15) is 4.79 Å². The Kier molecular flexibility index (Phi) is 2.05. The lowest BCUT2D eigenvalue weighted by molar-refractivity contribution is 0.259. The van der Waals surface area contributed by atoms with Gasteiger partial charge in [0.2, 0.25) is 0 Å². The van der Waals surface area contributed by atoms with Crippen LogP contribution in [-0.2, 0) is 0 Å². The molecular formula is C7H9N3O2. The molecule has 2 amide bonds. The Morgan fingerprint density at radius 1 is 1.50 bits per heavy atom. The number of amides is 2. The second-order valence-corrected chi connectivity index (χ2v) is 2.26. The van der Waals surface area contributed by atoms with Gasteiger partial charge in [-0.25, -0.2) is 4.79 Å². The number of nitrogens with two attached hydrogens (primary N) is 2. The first-order chi connectivity index (χ1) is 5.59. The van der Waals surface area contributed by atoms with Crippen LogP contribution in [0.15, 0.2) is 18.2 Å². The third kappa shape index (κ3) is 1.79. The van der Waals surface area contributed by atoms with Gasteiger partial charge in [-0.05, 0) is 12.1 Å². The topological polar surface area (TPSA) is 101 Å². The van der Waals surface area contributed by atoms with Gasteiger partial charge in [0.15, 0.2) is 0 Å². The third-order valence-electron chi connectivity index (χ3n) is 1.29. The summed E-state index contributed by atoms with van der Waals surface area (Å²) in [6, 6.07) is 3.51. The fraction of sp³-hybridized carbons (Fsp3) is 0. The van der Waals surface area contributed by atoms with E-state index in [1.165, 1.54) is 18.2 Å². The van der Waals surface area contributed by atoms with Crippen molar-refractivity contribution in [3.63, 3.8) is 0 Å². The second-order valence-electron chi connectivity index (χ2n) is 2.26. The van der Waals surface area contributed by atoms with Gasteiger partial charge < -0.3 is 21.9 Å². The van der Waals surface area contributed by atoms with Crippen molar-refractivity contribution in [1.82, 2.24) is 0 Å². The lowest BCUT2D eigenvalue weighted by atomic mass is 10.2. The Bertz CT molecular complexity index is 312. The smallest absolute Gasteiger partial charge is 0.316 e. The van der Waals surface area contributed by atoms with E-state index in [0.29, 0.717) is 5.69 Å². The number of nitrogen functional groups attached to an aromatic ring is 1. The van der Waals surface area contributed by atoms with E-state index < -0.39 is 6.03 Å². The molecule has 1 rings (SSSR count). The zero-order valence-corrected chi connectivity index (χ0v) is 6.24. The molecule has 0 aliphatic heterocycles. The van der Waals surface area contributed by atoms with Crippen LogP contribution in [0, 0.1) is 0 Å². The molecule has 0 saturated heterocycles. The largest absolute Gasteiger partial charge is 0.508 e. The van der Waals surface area contributed by atoms with Gasteiger partial charge in [-0.1, -0.05) is 0 Å². The van der Waals surface area contributed by atoms with Crippen LogP contribution in [0.25, 0.3) is 0 Å². The minimum Gasteiger partial charge on any atom is -0.508 e. The third-order valence-corrected chi connectivity index (χ3v) is 1.29. The summed E-state index contributed by atoms with van der Waals surface area (Å²) >= 11 is 0. The van der Waals surface area contributed by atoms with E-state index in [1.807, 2.05) is 0 Å². The Labute approximate surface area is 69.0 Å². The summed E-state index contributed by atoms with van der Waals surface area (Å²) in [5.41, 5.74) is 11.0. The van der Waals surface area contributed by atoms with Crippen LogP contribution < -0.4 is 16.8 Å². The molecule has 0 bridgehead atoms. The highest BCUT2D eigenvalue weighted by Crippen LogP contribution is 2.22. The number of aromatic hydroxyl groups is 1. The molecule has 0 spiro atoms. The minimum atomic E-state index is -0.688. The zero-order valence-electron chi connectivity index (χ0n) is 6.24. The fourth-order valence-corrected chi connectivity index (χ4v) is 0.797. The number of nitrogens with one attached hydrogen (secondary N) is 1. The Hall–Kier alpha value is -1.91. The number of carbonyl (C=O) groups excluding carboxylic acids is 1. The average molecular weight is 167 g/mol. The molecule has 6 N–H and O–H groups in total. The number of urea groups is 1. The molecule has 5 nitrogen and oxygen atoms in total. The number of hydrogen-bond acceptors (Lipinski definition) is 3. The fourth-order valence-electron chi connectivity index (χ4n) is 0.797. The molecule has 0 radical (unpaired) electrons. The van der Waals surface area contributed by atoms with Crippen LogP contribution >= 0.6 is 0 Å². The lowest BCUT2D eigenvalue weighted by Gasteiger charge is -2.04. The van der Waals surface area contributed by atoms with Crippen LogP contribution in [0.1, 0.15) is 0 Å². The quantitative estimate of drug-likeness (QED) is 0.361. The molecule has 5 heteroatoms. The highest BCUT2D eigenvalue weighted by atomic mass is 16.3. The normalized spacial score (nSPS) is 9.33. The summed E-state index contributed by atoms with van der Waals surface area (Å²) in [6.45, 7) is 0. The van der Waals surface area contributed by atoms with Crippen LogP contribution in [-0.4, -0.2) is 11.1 Å². The maximum atomic E-state index is 10.4. The first-order valence-electron chi connectivity index (χ1n) is 3.24. The molecule has 0 saturated carbocycles. The zero-order chi connectivity index (χ0) is 9.14. The number of benzene rings is 1. The van der Waals surface area contributed by atoms with Crippen molar-refractivity contribution in [2.75, 3.05) is 11.1 Å². The van der Waals surface area contributed by atoms with Gasteiger partial charge in [0.1, 0.15) is 5.75 Å². The first kappa shape index (κ1) is 8.19. The Balaban J connectivity index is 2.93. The number of primary amides is 1. The van der Waals surface area contributed by atoms with Crippen LogP contribution in [0.2, 0.25) is 0 Å². The number of phenolic OH excluding ortho intramolecular Hbond substituents is 1. The Morgan fingerprint density at radius 3 is 2.67 bits per heavy atom. The van der Waals surface area contributed by atoms with Crippen molar-refractivity contribution >= 4 is 17.4 Å². The van der Waals surface area contributed by atoms with Crippen LogP contribution in [0.5, 0.6) is 5.75 Å². The first-order valence-corrected chi connectivity index (χ1v) is 3.24. The number of carbonyl (C=O) groups is 1. The maximum absolute atomic E-state index is 10.4. The summed E-state index contributed by atoms with van der Waals surface area (Å²) in [7, 11) is 0. The molecule has 0 heterocycles. The predicted octanol–water partition coefficient (Wildman–Crippen LogP) is 0.465. The van der Waals surface area contributed by atoms with E-state index >= 15 is 0 Å². The van der Waals surface area contributed by atoms with Crippen molar-refractivity contribution in [2.45, 2.75) is 0 Å². The molecule has 64 valence electrons. The number of phenols is 1.